The van der Waals surface area contributed by atoms with E-state index in [1.165, 1.54) is 11.3 Å². The number of fused-ring (bicyclic) bond motifs is 1. The Bertz CT molecular complexity index is 1270. The summed E-state index contributed by atoms with van der Waals surface area (Å²) in [6, 6.07) is 7.54. The van der Waals surface area contributed by atoms with Crippen LogP contribution in [0.5, 0.6) is 0 Å². The van der Waals surface area contributed by atoms with Gasteiger partial charge in [0, 0.05) is 42.0 Å². The van der Waals surface area contributed by atoms with E-state index in [-0.39, 0.29) is 17.5 Å². The van der Waals surface area contributed by atoms with Gasteiger partial charge in [-0.3, -0.25) is 19.4 Å². The Morgan fingerprint density at radius 1 is 1.21 bits per heavy atom. The summed E-state index contributed by atoms with van der Waals surface area (Å²) in [7, 11) is 0. The molecule has 5 heterocycles. The number of furan rings is 1. The molecule has 4 aromatic rings. The number of carbonyl (C=O) groups is 1. The van der Waals surface area contributed by atoms with E-state index in [4.69, 9.17) is 9.40 Å². The number of nitrogens with zero attached hydrogens (tertiary/aromatic N) is 3. The smallest absolute Gasteiger partial charge is 0.260 e. The van der Waals surface area contributed by atoms with Crippen LogP contribution >= 0.6 is 22.7 Å². The van der Waals surface area contributed by atoms with Crippen LogP contribution in [0.25, 0.3) is 20.7 Å². The Kier molecular flexibility index (Phi) is 6.41. The van der Waals surface area contributed by atoms with Crippen molar-refractivity contribution in [1.82, 2.24) is 25.1 Å². The highest BCUT2D eigenvalue weighted by Crippen LogP contribution is 2.33. The van der Waals surface area contributed by atoms with Gasteiger partial charge in [-0.25, -0.2) is 4.98 Å². The number of thiophene rings is 2. The van der Waals surface area contributed by atoms with Crippen molar-refractivity contribution in [2.75, 3.05) is 32.7 Å². The minimum absolute atomic E-state index is 0.0111. The van der Waals surface area contributed by atoms with E-state index in [0.717, 1.165) is 47.2 Å². The van der Waals surface area contributed by atoms with Crippen molar-refractivity contribution in [1.29, 1.82) is 0 Å². The molecule has 1 saturated heterocycles. The fourth-order valence-electron chi connectivity index (χ4n) is 4.10. The zero-order valence-corrected chi connectivity index (χ0v) is 19.9. The highest BCUT2D eigenvalue weighted by molar-refractivity contribution is 7.18. The molecular weight excluding hydrogens is 458 g/mol. The number of hydrogen-bond acceptors (Lipinski definition) is 8. The molecule has 0 saturated carbocycles. The standard InChI is InChI=1S/C23H25N5O3S2/c1-15(17-4-2-10-31-17)24-20(29)13-28-8-6-27(7-9-28)12-19-25-22(30)21-16(14-33-23(21)26-19)18-5-3-11-32-18/h2-5,10-11,14-15H,6-9,12-13H2,1H3,(H,24,29)(H,25,26,30)/t15-/m0/s1. The molecule has 33 heavy (non-hydrogen) atoms. The van der Waals surface area contributed by atoms with Gasteiger partial charge in [0.1, 0.15) is 16.4 Å². The lowest BCUT2D eigenvalue weighted by Crippen LogP contribution is -2.49. The average Bonchev–Trinajstić information content (AvgIpc) is 3.56. The van der Waals surface area contributed by atoms with Gasteiger partial charge in [-0.1, -0.05) is 6.07 Å². The minimum atomic E-state index is -0.149. The van der Waals surface area contributed by atoms with E-state index in [9.17, 15) is 9.59 Å². The number of nitrogens with one attached hydrogen (secondary N) is 2. The molecule has 0 aliphatic carbocycles. The van der Waals surface area contributed by atoms with Gasteiger partial charge in [0.15, 0.2) is 0 Å². The number of amides is 1. The maximum absolute atomic E-state index is 12.8. The van der Waals surface area contributed by atoms with E-state index < -0.39 is 0 Å². The fraction of sp³-hybridized carbons (Fsp3) is 0.348. The predicted molar refractivity (Wildman–Crippen MR) is 131 cm³/mol. The van der Waals surface area contributed by atoms with Crippen molar-refractivity contribution in [3.05, 3.63) is 63.2 Å². The van der Waals surface area contributed by atoms with Crippen LogP contribution in [-0.4, -0.2) is 58.4 Å². The normalized spacial score (nSPS) is 16.3. The Hall–Kier alpha value is -2.79. The first-order valence-corrected chi connectivity index (χ1v) is 12.6. The summed E-state index contributed by atoms with van der Waals surface area (Å²) in [5.74, 6) is 1.42. The van der Waals surface area contributed by atoms with E-state index in [1.807, 2.05) is 41.9 Å². The monoisotopic (exact) mass is 483 g/mol. The quantitative estimate of drug-likeness (QED) is 0.419. The number of aromatic nitrogens is 2. The Labute approximate surface area is 198 Å². The maximum Gasteiger partial charge on any atom is 0.260 e. The first kappa shape index (κ1) is 22.0. The zero-order chi connectivity index (χ0) is 22.8. The molecule has 2 N–H and O–H groups in total. The predicted octanol–water partition coefficient (Wildman–Crippen LogP) is 3.30. The zero-order valence-electron chi connectivity index (χ0n) is 18.2. The van der Waals surface area contributed by atoms with Crippen molar-refractivity contribution in [3.63, 3.8) is 0 Å². The van der Waals surface area contributed by atoms with Gasteiger partial charge in [0.05, 0.1) is 30.8 Å². The first-order chi connectivity index (χ1) is 16.1. The molecule has 1 aliphatic heterocycles. The van der Waals surface area contributed by atoms with Gasteiger partial charge in [-0.15, -0.1) is 22.7 Å². The maximum atomic E-state index is 12.8. The molecule has 0 bridgehead atoms. The largest absolute Gasteiger partial charge is 0.467 e. The summed E-state index contributed by atoms with van der Waals surface area (Å²) in [6.45, 7) is 6.07. The van der Waals surface area contributed by atoms with Crippen molar-refractivity contribution in [2.45, 2.75) is 19.5 Å². The lowest BCUT2D eigenvalue weighted by atomic mass is 10.2. The SMILES string of the molecule is C[C@H](NC(=O)CN1CCN(Cc2nc3scc(-c4cccs4)c3c(=O)[nH]2)CC1)c1ccco1. The van der Waals surface area contributed by atoms with Crippen LogP contribution in [-0.2, 0) is 11.3 Å². The van der Waals surface area contributed by atoms with Crippen molar-refractivity contribution in [3.8, 4) is 10.4 Å². The molecule has 0 aromatic carbocycles. The molecule has 0 spiro atoms. The molecule has 0 unspecified atom stereocenters. The lowest BCUT2D eigenvalue weighted by Gasteiger charge is -2.34. The van der Waals surface area contributed by atoms with Gasteiger partial charge >= 0.3 is 0 Å². The van der Waals surface area contributed by atoms with Gasteiger partial charge in [-0.2, -0.15) is 0 Å². The summed E-state index contributed by atoms with van der Waals surface area (Å²) in [5.41, 5.74) is 0.874. The first-order valence-electron chi connectivity index (χ1n) is 10.9. The summed E-state index contributed by atoms with van der Waals surface area (Å²) in [4.78, 5) is 39.2. The molecule has 1 atom stereocenters. The molecule has 1 fully saturated rings. The van der Waals surface area contributed by atoms with Crippen molar-refractivity contribution < 1.29 is 9.21 Å². The van der Waals surface area contributed by atoms with E-state index >= 15 is 0 Å². The van der Waals surface area contributed by atoms with Crippen LogP contribution in [0.1, 0.15) is 24.6 Å². The molecule has 4 aromatic heterocycles. The van der Waals surface area contributed by atoms with Crippen LogP contribution in [0, 0.1) is 0 Å². The number of H-pyrrole nitrogens is 1. The van der Waals surface area contributed by atoms with E-state index in [1.54, 1.807) is 17.6 Å². The highest BCUT2D eigenvalue weighted by Gasteiger charge is 2.22. The Balaban J connectivity index is 1.16. The molecule has 8 nitrogen and oxygen atoms in total. The third-order valence-electron chi connectivity index (χ3n) is 5.83. The van der Waals surface area contributed by atoms with Gasteiger partial charge in [-0.05, 0) is 30.5 Å². The molecule has 5 rings (SSSR count). The summed E-state index contributed by atoms with van der Waals surface area (Å²) in [6.07, 6.45) is 1.61. The number of piperazine rings is 1. The van der Waals surface area contributed by atoms with Crippen LogP contribution in [0.15, 0.2) is 50.5 Å². The summed E-state index contributed by atoms with van der Waals surface area (Å²) < 4.78 is 5.35. The van der Waals surface area contributed by atoms with Gasteiger partial charge in [0.25, 0.3) is 5.56 Å². The van der Waals surface area contributed by atoms with Crippen LogP contribution in [0.4, 0.5) is 0 Å². The Morgan fingerprint density at radius 3 is 2.76 bits per heavy atom. The van der Waals surface area contributed by atoms with Gasteiger partial charge < -0.3 is 14.7 Å². The van der Waals surface area contributed by atoms with Crippen LogP contribution in [0.2, 0.25) is 0 Å². The topological polar surface area (TPSA) is 94.5 Å². The second-order valence-corrected chi connectivity index (χ2v) is 9.98. The second kappa shape index (κ2) is 9.60. The van der Waals surface area contributed by atoms with E-state index in [2.05, 4.69) is 20.1 Å². The van der Waals surface area contributed by atoms with Crippen LogP contribution < -0.4 is 10.9 Å². The minimum Gasteiger partial charge on any atom is -0.467 e. The molecule has 172 valence electrons. The highest BCUT2D eigenvalue weighted by atomic mass is 32.1. The Morgan fingerprint density at radius 2 is 2.03 bits per heavy atom. The summed E-state index contributed by atoms with van der Waals surface area (Å²) >= 11 is 3.13. The van der Waals surface area contributed by atoms with Crippen molar-refractivity contribution >= 4 is 38.8 Å². The van der Waals surface area contributed by atoms with Gasteiger partial charge in [0.2, 0.25) is 5.91 Å². The lowest BCUT2D eigenvalue weighted by molar-refractivity contribution is -0.123. The third-order valence-corrected chi connectivity index (χ3v) is 7.61. The molecule has 0 radical (unpaired) electrons. The number of rotatable bonds is 7. The number of hydrogen-bond donors (Lipinski definition) is 2. The number of carbonyl (C=O) groups excluding carboxylic acids is 1. The average molecular weight is 484 g/mol. The molecule has 1 aliphatic rings. The molecule has 1 amide bonds. The second-order valence-electron chi connectivity index (χ2n) is 8.18. The number of aromatic amines is 1. The molecular formula is C23H25N5O3S2. The fourth-order valence-corrected chi connectivity index (χ4v) is 5.88. The van der Waals surface area contributed by atoms with E-state index in [0.29, 0.717) is 24.3 Å². The van der Waals surface area contributed by atoms with Crippen LogP contribution in [0.3, 0.4) is 0 Å². The summed E-state index contributed by atoms with van der Waals surface area (Å²) in [5, 5.41) is 7.68. The third kappa shape index (κ3) is 4.93. The van der Waals surface area contributed by atoms with Crippen molar-refractivity contribution in [2.24, 2.45) is 0 Å². The molecule has 10 heteroatoms.